The third kappa shape index (κ3) is 3.45. The van der Waals surface area contributed by atoms with Crippen LogP contribution in [-0.2, 0) is 13.0 Å². The van der Waals surface area contributed by atoms with E-state index in [2.05, 4.69) is 29.1 Å². The Kier molecular flexibility index (Phi) is 4.17. The van der Waals surface area contributed by atoms with Crippen molar-refractivity contribution in [1.29, 1.82) is 0 Å². The molecule has 0 fully saturated rings. The lowest BCUT2D eigenvalue weighted by molar-refractivity contribution is 0.0660. The average Bonchev–Trinajstić information content (AvgIpc) is 2.96. The van der Waals surface area contributed by atoms with Gasteiger partial charge in [0.05, 0.1) is 6.54 Å². The van der Waals surface area contributed by atoms with Crippen LogP contribution in [0.4, 0.5) is 0 Å². The van der Waals surface area contributed by atoms with Crippen LogP contribution < -0.4 is 5.32 Å². The molecule has 0 radical (unpaired) electrons. The van der Waals surface area contributed by atoms with Gasteiger partial charge >= 0.3 is 5.97 Å². The largest absolute Gasteiger partial charge is 0.475 e. The lowest BCUT2D eigenvalue weighted by Crippen LogP contribution is -2.27. The van der Waals surface area contributed by atoms with Crippen molar-refractivity contribution in [3.8, 4) is 0 Å². The first-order valence-electron chi connectivity index (χ1n) is 5.71. The molecule has 0 saturated heterocycles. The molecule has 4 nitrogen and oxygen atoms in total. The van der Waals surface area contributed by atoms with Gasteiger partial charge in [0.15, 0.2) is 0 Å². The summed E-state index contributed by atoms with van der Waals surface area (Å²) in [5, 5.41) is 16.2. The molecular weight excluding hydrogens is 250 g/mol. The Morgan fingerprint density at radius 3 is 2.94 bits per heavy atom. The molecule has 0 bridgehead atoms. The van der Waals surface area contributed by atoms with Gasteiger partial charge in [0.2, 0.25) is 5.76 Å². The summed E-state index contributed by atoms with van der Waals surface area (Å²) in [6, 6.07) is 5.59. The highest BCUT2D eigenvalue weighted by Crippen LogP contribution is 2.10. The van der Waals surface area contributed by atoms with Gasteiger partial charge in [-0.15, -0.1) is 0 Å². The fourth-order valence-electron chi connectivity index (χ4n) is 1.70. The minimum atomic E-state index is -1.03. The average molecular weight is 265 g/mol. The Labute approximate surface area is 109 Å². The van der Waals surface area contributed by atoms with Crippen molar-refractivity contribution in [2.45, 2.75) is 25.9 Å². The fraction of sp³-hybridized carbons (Fsp3) is 0.308. The zero-order chi connectivity index (χ0) is 13.0. The van der Waals surface area contributed by atoms with Crippen molar-refractivity contribution in [3.05, 3.63) is 46.0 Å². The molecule has 18 heavy (non-hydrogen) atoms. The zero-order valence-electron chi connectivity index (χ0n) is 10.1. The van der Waals surface area contributed by atoms with E-state index < -0.39 is 5.97 Å². The van der Waals surface area contributed by atoms with E-state index >= 15 is 0 Å². The maximum Gasteiger partial charge on any atom is 0.371 e. The first-order chi connectivity index (χ1) is 8.65. The van der Waals surface area contributed by atoms with Gasteiger partial charge in [0.25, 0.3) is 0 Å². The molecule has 2 N–H and O–H groups in total. The second-order valence-electron chi connectivity index (χ2n) is 4.19. The number of furan rings is 1. The van der Waals surface area contributed by atoms with Gasteiger partial charge < -0.3 is 14.8 Å². The van der Waals surface area contributed by atoms with Crippen molar-refractivity contribution in [2.75, 3.05) is 0 Å². The Morgan fingerprint density at radius 2 is 2.33 bits per heavy atom. The first-order valence-corrected chi connectivity index (χ1v) is 6.66. The Bertz CT molecular complexity index is 504. The molecule has 0 aromatic carbocycles. The summed E-state index contributed by atoms with van der Waals surface area (Å²) < 4.78 is 5.17. The molecule has 96 valence electrons. The standard InChI is InChI=1S/C13H15NO3S/c1-9(6-10-4-5-18-8-10)14-7-11-2-3-12(17-11)13(15)16/h2-5,8-9,14H,6-7H2,1H3,(H,15,16). The number of carbonyl (C=O) groups is 1. The van der Waals surface area contributed by atoms with Gasteiger partial charge in [0.1, 0.15) is 5.76 Å². The lowest BCUT2D eigenvalue weighted by atomic mass is 10.1. The van der Waals surface area contributed by atoms with Crippen LogP contribution in [0, 0.1) is 0 Å². The lowest BCUT2D eigenvalue weighted by Gasteiger charge is -2.11. The van der Waals surface area contributed by atoms with Crippen molar-refractivity contribution < 1.29 is 14.3 Å². The fourth-order valence-corrected chi connectivity index (χ4v) is 2.38. The molecule has 1 atom stereocenters. The second-order valence-corrected chi connectivity index (χ2v) is 4.97. The SMILES string of the molecule is CC(Cc1ccsc1)NCc1ccc(C(=O)O)o1. The van der Waals surface area contributed by atoms with Gasteiger partial charge in [-0.1, -0.05) is 0 Å². The number of rotatable bonds is 6. The number of carboxylic acids is 1. The summed E-state index contributed by atoms with van der Waals surface area (Å²) in [5.74, 6) is -0.408. The van der Waals surface area contributed by atoms with E-state index in [1.165, 1.54) is 11.6 Å². The molecular formula is C13H15NO3S. The number of aromatic carboxylic acids is 1. The van der Waals surface area contributed by atoms with Crippen LogP contribution in [-0.4, -0.2) is 17.1 Å². The van der Waals surface area contributed by atoms with Gasteiger partial charge in [-0.25, -0.2) is 4.79 Å². The number of hydrogen-bond donors (Lipinski definition) is 2. The number of hydrogen-bond acceptors (Lipinski definition) is 4. The quantitative estimate of drug-likeness (QED) is 0.843. The van der Waals surface area contributed by atoms with Gasteiger partial charge in [-0.3, -0.25) is 0 Å². The van der Waals surface area contributed by atoms with Crippen LogP contribution >= 0.6 is 11.3 Å². The molecule has 0 aliphatic carbocycles. The van der Waals surface area contributed by atoms with Gasteiger partial charge in [-0.05, 0) is 47.9 Å². The third-order valence-corrected chi connectivity index (χ3v) is 3.35. The van der Waals surface area contributed by atoms with Crippen LogP contribution in [0.1, 0.15) is 28.8 Å². The first kappa shape index (κ1) is 12.9. The predicted molar refractivity (Wildman–Crippen MR) is 70.0 cm³/mol. The molecule has 0 aliphatic rings. The Balaban J connectivity index is 1.81. The van der Waals surface area contributed by atoms with Crippen LogP contribution in [0.15, 0.2) is 33.4 Å². The van der Waals surface area contributed by atoms with E-state index in [1.807, 2.05) is 0 Å². The molecule has 0 saturated carbocycles. The summed E-state index contributed by atoms with van der Waals surface area (Å²) in [5.41, 5.74) is 1.31. The molecule has 2 aromatic rings. The minimum Gasteiger partial charge on any atom is -0.475 e. The van der Waals surface area contributed by atoms with E-state index in [4.69, 9.17) is 9.52 Å². The van der Waals surface area contributed by atoms with Crippen LogP contribution in [0.3, 0.4) is 0 Å². The number of nitrogens with one attached hydrogen (secondary N) is 1. The molecule has 2 aromatic heterocycles. The minimum absolute atomic E-state index is 0.0164. The molecule has 0 spiro atoms. The van der Waals surface area contributed by atoms with E-state index in [0.717, 1.165) is 6.42 Å². The summed E-state index contributed by atoms with van der Waals surface area (Å²) in [6.07, 6.45) is 0.954. The molecule has 0 aliphatic heterocycles. The highest BCUT2D eigenvalue weighted by Gasteiger charge is 2.10. The van der Waals surface area contributed by atoms with Crippen LogP contribution in [0.25, 0.3) is 0 Å². The molecule has 0 amide bonds. The third-order valence-electron chi connectivity index (χ3n) is 2.62. The molecule has 2 heterocycles. The number of carboxylic acid groups (broad SMARTS) is 1. The molecule has 1 unspecified atom stereocenters. The van der Waals surface area contributed by atoms with E-state index in [-0.39, 0.29) is 5.76 Å². The number of thiophene rings is 1. The Morgan fingerprint density at radius 1 is 1.50 bits per heavy atom. The van der Waals surface area contributed by atoms with Gasteiger partial charge in [-0.2, -0.15) is 11.3 Å². The zero-order valence-corrected chi connectivity index (χ0v) is 10.9. The highest BCUT2D eigenvalue weighted by molar-refractivity contribution is 7.07. The smallest absolute Gasteiger partial charge is 0.371 e. The summed E-state index contributed by atoms with van der Waals surface area (Å²) >= 11 is 1.69. The maximum absolute atomic E-state index is 10.7. The molecule has 2 rings (SSSR count). The maximum atomic E-state index is 10.7. The van der Waals surface area contributed by atoms with Crippen LogP contribution in [0.2, 0.25) is 0 Å². The van der Waals surface area contributed by atoms with Crippen molar-refractivity contribution >= 4 is 17.3 Å². The van der Waals surface area contributed by atoms with E-state index in [1.54, 1.807) is 17.4 Å². The topological polar surface area (TPSA) is 62.5 Å². The van der Waals surface area contributed by atoms with E-state index in [0.29, 0.717) is 18.3 Å². The molecule has 5 heteroatoms. The predicted octanol–water partition coefficient (Wildman–Crippen LogP) is 2.76. The monoisotopic (exact) mass is 265 g/mol. The summed E-state index contributed by atoms with van der Waals surface area (Å²) in [4.78, 5) is 10.7. The van der Waals surface area contributed by atoms with Crippen molar-refractivity contribution in [1.82, 2.24) is 5.32 Å². The van der Waals surface area contributed by atoms with Crippen molar-refractivity contribution in [3.63, 3.8) is 0 Å². The van der Waals surface area contributed by atoms with Gasteiger partial charge in [0, 0.05) is 6.04 Å². The summed E-state index contributed by atoms with van der Waals surface area (Å²) in [6.45, 7) is 2.64. The summed E-state index contributed by atoms with van der Waals surface area (Å²) in [7, 11) is 0. The Hall–Kier alpha value is -1.59. The van der Waals surface area contributed by atoms with E-state index in [9.17, 15) is 4.79 Å². The van der Waals surface area contributed by atoms with Crippen molar-refractivity contribution in [2.24, 2.45) is 0 Å². The highest BCUT2D eigenvalue weighted by atomic mass is 32.1. The second kappa shape index (κ2) is 5.84. The van der Waals surface area contributed by atoms with Crippen LogP contribution in [0.5, 0.6) is 0 Å². The normalized spacial score (nSPS) is 12.5.